The van der Waals surface area contributed by atoms with Crippen molar-refractivity contribution in [2.24, 2.45) is 5.73 Å². The van der Waals surface area contributed by atoms with E-state index in [1.54, 1.807) is 6.20 Å². The van der Waals surface area contributed by atoms with Gasteiger partial charge in [-0.1, -0.05) is 13.3 Å². The van der Waals surface area contributed by atoms with Crippen molar-refractivity contribution in [2.45, 2.75) is 51.1 Å². The molecule has 1 aromatic heterocycles. The third-order valence-corrected chi connectivity index (χ3v) is 4.36. The fraction of sp³-hybridized carbons (Fsp3) is 0.714. The van der Waals surface area contributed by atoms with E-state index in [0.717, 1.165) is 43.2 Å². The molecule has 1 atom stereocenters. The molecule has 0 aromatic carbocycles. The second kappa shape index (κ2) is 6.26. The summed E-state index contributed by atoms with van der Waals surface area (Å²) in [6.07, 6.45) is 7.32. The van der Waals surface area contributed by atoms with Crippen LogP contribution >= 0.6 is 15.9 Å². The number of carbonyl (C=O) groups excluding carboxylic acids is 1. The molecule has 112 valence electrons. The summed E-state index contributed by atoms with van der Waals surface area (Å²) in [6, 6.07) is 0.376. The topological polar surface area (TPSA) is 64.2 Å². The Bertz CT molecular complexity index is 463. The zero-order valence-electron chi connectivity index (χ0n) is 12.2. The molecule has 2 N–H and O–H groups in total. The highest BCUT2D eigenvalue weighted by Gasteiger charge is 2.34. The van der Waals surface area contributed by atoms with Gasteiger partial charge in [-0.25, -0.2) is 0 Å². The van der Waals surface area contributed by atoms with Crippen molar-refractivity contribution in [1.29, 1.82) is 0 Å². The van der Waals surface area contributed by atoms with Crippen LogP contribution in [-0.2, 0) is 4.79 Å². The number of hydrogen-bond donors (Lipinski definition) is 1. The lowest BCUT2D eigenvalue weighted by Gasteiger charge is -2.36. The Morgan fingerprint density at radius 3 is 2.70 bits per heavy atom. The number of likely N-dealkylation sites (tertiary alicyclic amines) is 1. The average Bonchev–Trinajstić information content (AvgIpc) is 2.85. The van der Waals surface area contributed by atoms with Gasteiger partial charge >= 0.3 is 0 Å². The fourth-order valence-electron chi connectivity index (χ4n) is 2.84. The van der Waals surface area contributed by atoms with E-state index in [-0.39, 0.29) is 5.91 Å². The maximum atomic E-state index is 12.4. The average molecular weight is 343 g/mol. The van der Waals surface area contributed by atoms with Gasteiger partial charge in [0.15, 0.2) is 0 Å². The molecular formula is C14H23BrN4O. The van der Waals surface area contributed by atoms with Crippen molar-refractivity contribution in [1.82, 2.24) is 14.7 Å². The summed E-state index contributed by atoms with van der Waals surface area (Å²) in [5, 5.41) is 4.33. The first kappa shape index (κ1) is 15.5. The first-order valence-corrected chi connectivity index (χ1v) is 8.01. The lowest BCUT2D eigenvalue weighted by molar-refractivity contribution is -0.138. The molecule has 5 nitrogen and oxygen atoms in total. The molecule has 1 saturated heterocycles. The second-order valence-electron chi connectivity index (χ2n) is 5.83. The molecule has 1 aliphatic rings. The van der Waals surface area contributed by atoms with E-state index in [9.17, 15) is 4.79 Å². The molecule has 1 amide bonds. The number of aromatic nitrogens is 2. The predicted octanol–water partition coefficient (Wildman–Crippen LogP) is 2.33. The summed E-state index contributed by atoms with van der Waals surface area (Å²) in [7, 11) is 0. The van der Waals surface area contributed by atoms with Crippen molar-refractivity contribution >= 4 is 21.8 Å². The van der Waals surface area contributed by atoms with Gasteiger partial charge in [-0.3, -0.25) is 9.48 Å². The van der Waals surface area contributed by atoms with E-state index in [0.29, 0.717) is 6.04 Å². The van der Waals surface area contributed by atoms with Crippen LogP contribution < -0.4 is 5.73 Å². The highest BCUT2D eigenvalue weighted by atomic mass is 79.9. The first-order chi connectivity index (χ1) is 9.44. The van der Waals surface area contributed by atoms with Crippen LogP contribution in [0.5, 0.6) is 0 Å². The molecule has 6 heteroatoms. The molecule has 1 fully saturated rings. The summed E-state index contributed by atoms with van der Waals surface area (Å²) in [5.74, 6) is 0.0828. The zero-order valence-corrected chi connectivity index (χ0v) is 13.8. The van der Waals surface area contributed by atoms with Crippen LogP contribution in [-0.4, -0.2) is 39.2 Å². The molecule has 2 rings (SSSR count). The molecule has 0 aliphatic carbocycles. The Kier molecular flexibility index (Phi) is 4.86. The molecule has 1 aliphatic heterocycles. The van der Waals surface area contributed by atoms with E-state index in [1.165, 1.54) is 0 Å². The van der Waals surface area contributed by atoms with Gasteiger partial charge in [0.1, 0.15) is 0 Å². The number of carbonyl (C=O) groups is 1. The van der Waals surface area contributed by atoms with Gasteiger partial charge in [-0.05, 0) is 42.1 Å². The molecule has 0 radical (unpaired) electrons. The molecule has 20 heavy (non-hydrogen) atoms. The van der Waals surface area contributed by atoms with E-state index in [2.05, 4.69) is 28.0 Å². The largest absolute Gasteiger partial charge is 0.341 e. The summed E-state index contributed by atoms with van der Waals surface area (Å²) in [5.41, 5.74) is 5.41. The lowest BCUT2D eigenvalue weighted by atomic mass is 9.94. The molecule has 0 saturated carbocycles. The van der Waals surface area contributed by atoms with E-state index in [1.807, 2.05) is 22.7 Å². The van der Waals surface area contributed by atoms with Gasteiger partial charge in [0.2, 0.25) is 5.91 Å². The molecule has 0 spiro atoms. The SMILES string of the molecule is CCCC(C)(N)C(=O)N1CCC(n2cc(Br)cn2)CC1. The van der Waals surface area contributed by atoms with Crippen molar-refractivity contribution in [2.75, 3.05) is 13.1 Å². The van der Waals surface area contributed by atoms with Crippen LogP contribution in [0.25, 0.3) is 0 Å². The number of rotatable bonds is 4. The Balaban J connectivity index is 1.92. The van der Waals surface area contributed by atoms with E-state index < -0.39 is 5.54 Å². The number of hydrogen-bond acceptors (Lipinski definition) is 3. The Morgan fingerprint density at radius 2 is 2.20 bits per heavy atom. The summed E-state index contributed by atoms with van der Waals surface area (Å²) >= 11 is 3.41. The maximum absolute atomic E-state index is 12.4. The van der Waals surface area contributed by atoms with Crippen molar-refractivity contribution in [3.63, 3.8) is 0 Å². The summed E-state index contributed by atoms with van der Waals surface area (Å²) in [6.45, 7) is 5.42. The Hall–Kier alpha value is -0.880. The maximum Gasteiger partial charge on any atom is 0.242 e. The highest BCUT2D eigenvalue weighted by Crippen LogP contribution is 2.25. The normalized spacial score (nSPS) is 19.9. The van der Waals surface area contributed by atoms with Gasteiger partial charge < -0.3 is 10.6 Å². The highest BCUT2D eigenvalue weighted by molar-refractivity contribution is 9.10. The van der Waals surface area contributed by atoms with Gasteiger partial charge in [-0.2, -0.15) is 5.10 Å². The molecule has 1 aromatic rings. The Morgan fingerprint density at radius 1 is 1.55 bits per heavy atom. The minimum absolute atomic E-state index is 0.0828. The zero-order chi connectivity index (χ0) is 14.8. The van der Waals surface area contributed by atoms with E-state index in [4.69, 9.17) is 5.73 Å². The summed E-state index contributed by atoms with van der Waals surface area (Å²) in [4.78, 5) is 14.3. The quantitative estimate of drug-likeness (QED) is 0.913. The standard InChI is InChI=1S/C14H23BrN4O/c1-3-6-14(2,16)13(20)18-7-4-12(5-8-18)19-10-11(15)9-17-19/h9-10,12H,3-8,16H2,1-2H3. The Labute approximate surface area is 128 Å². The second-order valence-corrected chi connectivity index (χ2v) is 6.75. The first-order valence-electron chi connectivity index (χ1n) is 7.22. The molecular weight excluding hydrogens is 320 g/mol. The number of piperidine rings is 1. The third kappa shape index (κ3) is 3.41. The van der Waals surface area contributed by atoms with Crippen LogP contribution in [0.4, 0.5) is 0 Å². The third-order valence-electron chi connectivity index (χ3n) is 3.95. The van der Waals surface area contributed by atoms with E-state index >= 15 is 0 Å². The van der Waals surface area contributed by atoms with Crippen LogP contribution in [0.3, 0.4) is 0 Å². The molecule has 0 bridgehead atoms. The lowest BCUT2D eigenvalue weighted by Crippen LogP contribution is -2.55. The van der Waals surface area contributed by atoms with Crippen LogP contribution in [0, 0.1) is 0 Å². The predicted molar refractivity (Wildman–Crippen MR) is 82.3 cm³/mol. The van der Waals surface area contributed by atoms with Gasteiger partial charge in [0.25, 0.3) is 0 Å². The molecule has 1 unspecified atom stereocenters. The number of amides is 1. The van der Waals surface area contributed by atoms with Crippen LogP contribution in [0.15, 0.2) is 16.9 Å². The van der Waals surface area contributed by atoms with Crippen molar-refractivity contribution < 1.29 is 4.79 Å². The van der Waals surface area contributed by atoms with Crippen molar-refractivity contribution in [3.05, 3.63) is 16.9 Å². The monoisotopic (exact) mass is 342 g/mol. The van der Waals surface area contributed by atoms with Gasteiger partial charge in [0, 0.05) is 19.3 Å². The number of halogens is 1. The van der Waals surface area contributed by atoms with Crippen LogP contribution in [0.1, 0.15) is 45.6 Å². The van der Waals surface area contributed by atoms with Gasteiger partial charge in [-0.15, -0.1) is 0 Å². The fourth-order valence-corrected chi connectivity index (χ4v) is 3.14. The number of nitrogens with two attached hydrogens (primary N) is 1. The van der Waals surface area contributed by atoms with Gasteiger partial charge in [0.05, 0.1) is 22.3 Å². The van der Waals surface area contributed by atoms with Crippen LogP contribution in [0.2, 0.25) is 0 Å². The minimum Gasteiger partial charge on any atom is -0.341 e. The summed E-state index contributed by atoms with van der Waals surface area (Å²) < 4.78 is 2.98. The minimum atomic E-state index is -0.726. The molecule has 2 heterocycles. The van der Waals surface area contributed by atoms with Crippen molar-refractivity contribution in [3.8, 4) is 0 Å². The smallest absolute Gasteiger partial charge is 0.242 e. The number of nitrogens with zero attached hydrogens (tertiary/aromatic N) is 3.